The average molecular weight is 438 g/mol. The van der Waals surface area contributed by atoms with Crippen LogP contribution in [0.3, 0.4) is 0 Å². The van der Waals surface area contributed by atoms with Crippen LogP contribution in [-0.4, -0.2) is 74.4 Å². The summed E-state index contributed by atoms with van der Waals surface area (Å²) in [6.07, 6.45) is -4.54. The molecule has 3 N–H and O–H groups in total. The van der Waals surface area contributed by atoms with Crippen molar-refractivity contribution in [3.8, 4) is 0 Å². The maximum Gasteiger partial charge on any atom is 0.304 e. The molecule has 1 aromatic rings. The molecule has 1 rings (SSSR count). The summed E-state index contributed by atoms with van der Waals surface area (Å²) in [6.45, 7) is 1.60. The highest BCUT2D eigenvalue weighted by atomic mass is 16.6. The molecule has 1 aromatic carbocycles. The number of aliphatic hydroxyl groups excluding tert-OH is 3. The molecule has 31 heavy (non-hydrogen) atoms. The number of hydrogen-bond donors (Lipinski definition) is 3. The SMILES string of the molecule is CC(=O)O[C@@](C(C)=O)(C(=O)C(C)=O)[C@](OCc1ccccc1)(C(C)=O)[C@H](O)[C@H](O)CO. The van der Waals surface area contributed by atoms with Crippen LogP contribution in [0.25, 0.3) is 0 Å². The Bertz CT molecular complexity index is 849. The van der Waals surface area contributed by atoms with E-state index in [1.807, 2.05) is 0 Å². The molecule has 4 atom stereocenters. The first kappa shape index (κ1) is 26.2. The minimum absolute atomic E-state index is 0.425. The van der Waals surface area contributed by atoms with E-state index in [1.165, 1.54) is 0 Å². The lowest BCUT2D eigenvalue weighted by atomic mass is 9.68. The third kappa shape index (κ3) is 4.93. The Morgan fingerprint density at radius 1 is 0.935 bits per heavy atom. The number of aliphatic hydroxyl groups is 3. The zero-order valence-corrected chi connectivity index (χ0v) is 17.7. The smallest absolute Gasteiger partial charge is 0.304 e. The van der Waals surface area contributed by atoms with Crippen molar-refractivity contribution in [2.75, 3.05) is 6.61 Å². The third-order valence-corrected chi connectivity index (χ3v) is 4.76. The molecule has 0 aliphatic carbocycles. The molecule has 0 aliphatic rings. The van der Waals surface area contributed by atoms with Gasteiger partial charge in [-0.1, -0.05) is 30.3 Å². The largest absolute Gasteiger partial charge is 0.439 e. The molecular weight excluding hydrogens is 412 g/mol. The summed E-state index contributed by atoms with van der Waals surface area (Å²) in [5.74, 6) is -6.63. The number of esters is 1. The van der Waals surface area contributed by atoms with Crippen molar-refractivity contribution in [1.29, 1.82) is 0 Å². The highest BCUT2D eigenvalue weighted by Crippen LogP contribution is 2.39. The predicted octanol–water partition coefficient (Wildman–Crippen LogP) is -0.706. The van der Waals surface area contributed by atoms with E-state index in [9.17, 15) is 39.3 Å². The Kier molecular flexibility index (Phi) is 8.88. The quantitative estimate of drug-likeness (QED) is 0.216. The number of ether oxygens (including phenoxy) is 2. The van der Waals surface area contributed by atoms with Gasteiger partial charge in [-0.2, -0.15) is 0 Å². The van der Waals surface area contributed by atoms with Crippen LogP contribution in [-0.2, 0) is 40.1 Å². The van der Waals surface area contributed by atoms with Gasteiger partial charge in [-0.15, -0.1) is 0 Å². The van der Waals surface area contributed by atoms with Crippen molar-refractivity contribution in [3.05, 3.63) is 35.9 Å². The summed E-state index contributed by atoms with van der Waals surface area (Å²) < 4.78 is 10.6. The van der Waals surface area contributed by atoms with Crippen molar-refractivity contribution in [3.63, 3.8) is 0 Å². The molecule has 0 spiro atoms. The Morgan fingerprint density at radius 3 is 1.87 bits per heavy atom. The van der Waals surface area contributed by atoms with E-state index in [2.05, 4.69) is 0 Å². The average Bonchev–Trinajstić information content (AvgIpc) is 2.71. The van der Waals surface area contributed by atoms with Crippen molar-refractivity contribution in [1.82, 2.24) is 0 Å². The van der Waals surface area contributed by atoms with E-state index in [-0.39, 0.29) is 0 Å². The van der Waals surface area contributed by atoms with Crippen LogP contribution in [0.5, 0.6) is 0 Å². The number of carbonyl (C=O) groups excluding carboxylic acids is 5. The minimum Gasteiger partial charge on any atom is -0.439 e. The lowest BCUT2D eigenvalue weighted by Crippen LogP contribution is -2.76. The first-order valence-corrected chi connectivity index (χ1v) is 9.30. The Balaban J connectivity index is 3.95. The van der Waals surface area contributed by atoms with Gasteiger partial charge in [0, 0.05) is 13.8 Å². The highest BCUT2D eigenvalue weighted by molar-refractivity contribution is 6.45. The van der Waals surface area contributed by atoms with Gasteiger partial charge >= 0.3 is 5.97 Å². The van der Waals surface area contributed by atoms with Crippen LogP contribution in [0.1, 0.15) is 33.3 Å². The van der Waals surface area contributed by atoms with E-state index in [4.69, 9.17) is 9.47 Å². The first-order chi connectivity index (χ1) is 14.4. The van der Waals surface area contributed by atoms with Crippen molar-refractivity contribution >= 4 is 29.1 Å². The molecule has 0 saturated heterocycles. The van der Waals surface area contributed by atoms with Gasteiger partial charge in [0.2, 0.25) is 5.60 Å². The fourth-order valence-corrected chi connectivity index (χ4v) is 3.34. The second kappa shape index (κ2) is 10.5. The standard InChI is InChI=1S/C21H26O10/c1-12(23)18(28)21(14(3)25,31-15(4)26)20(13(2)24,19(29)17(27)10-22)30-11-16-8-6-5-7-9-16/h5-9,17,19,22,27,29H,10-11H2,1-4H3/t17-,19-,20+,21+/m1/s1. The Labute approximate surface area is 178 Å². The summed E-state index contributed by atoms with van der Waals surface area (Å²) in [7, 11) is 0. The van der Waals surface area contributed by atoms with Gasteiger partial charge in [-0.3, -0.25) is 24.0 Å². The van der Waals surface area contributed by atoms with E-state index in [0.717, 1.165) is 27.7 Å². The molecule has 0 aromatic heterocycles. The number of carbonyl (C=O) groups is 5. The zero-order valence-electron chi connectivity index (χ0n) is 17.7. The predicted molar refractivity (Wildman–Crippen MR) is 105 cm³/mol. The third-order valence-electron chi connectivity index (χ3n) is 4.76. The molecule has 0 fully saturated rings. The molecule has 0 heterocycles. The summed E-state index contributed by atoms with van der Waals surface area (Å²) >= 11 is 0. The summed E-state index contributed by atoms with van der Waals surface area (Å²) in [5.41, 5.74) is -5.87. The van der Waals surface area contributed by atoms with Crippen LogP contribution in [0.15, 0.2) is 30.3 Å². The Hall–Kier alpha value is -2.79. The minimum atomic E-state index is -3.25. The van der Waals surface area contributed by atoms with Crippen LogP contribution in [0.4, 0.5) is 0 Å². The van der Waals surface area contributed by atoms with Crippen molar-refractivity contribution in [2.24, 2.45) is 0 Å². The van der Waals surface area contributed by atoms with Crippen molar-refractivity contribution < 1.29 is 48.8 Å². The molecule has 0 aliphatic heterocycles. The first-order valence-electron chi connectivity index (χ1n) is 9.30. The lowest BCUT2D eigenvalue weighted by molar-refractivity contribution is -0.242. The Morgan fingerprint density at radius 2 is 1.48 bits per heavy atom. The molecule has 0 radical (unpaired) electrons. The van der Waals surface area contributed by atoms with Gasteiger partial charge in [0.05, 0.1) is 13.2 Å². The number of ketones is 4. The van der Waals surface area contributed by atoms with Gasteiger partial charge in [0.1, 0.15) is 12.2 Å². The van der Waals surface area contributed by atoms with E-state index >= 15 is 0 Å². The second-order valence-electron chi connectivity index (χ2n) is 6.98. The highest BCUT2D eigenvalue weighted by Gasteiger charge is 2.71. The van der Waals surface area contributed by atoms with E-state index in [1.54, 1.807) is 30.3 Å². The molecule has 10 nitrogen and oxygen atoms in total. The van der Waals surface area contributed by atoms with Gasteiger partial charge in [-0.05, 0) is 19.4 Å². The molecule has 170 valence electrons. The lowest BCUT2D eigenvalue weighted by Gasteiger charge is -2.47. The topological polar surface area (TPSA) is 164 Å². The van der Waals surface area contributed by atoms with Crippen LogP contribution >= 0.6 is 0 Å². The van der Waals surface area contributed by atoms with Crippen LogP contribution in [0, 0.1) is 0 Å². The van der Waals surface area contributed by atoms with Gasteiger partial charge in [0.25, 0.3) is 11.4 Å². The monoisotopic (exact) mass is 438 g/mol. The molecular formula is C21H26O10. The van der Waals surface area contributed by atoms with Crippen molar-refractivity contribution in [2.45, 2.75) is 57.7 Å². The normalized spacial score (nSPS) is 16.9. The number of hydrogen-bond acceptors (Lipinski definition) is 10. The van der Waals surface area contributed by atoms with Gasteiger partial charge < -0.3 is 24.8 Å². The molecule has 10 heteroatoms. The maximum atomic E-state index is 13.0. The van der Waals surface area contributed by atoms with Gasteiger partial charge in [0.15, 0.2) is 17.3 Å². The molecule has 0 saturated carbocycles. The summed E-state index contributed by atoms with van der Waals surface area (Å²) in [5, 5.41) is 30.3. The maximum absolute atomic E-state index is 13.0. The fourth-order valence-electron chi connectivity index (χ4n) is 3.34. The molecule has 0 bridgehead atoms. The fraction of sp³-hybridized carbons (Fsp3) is 0.476. The number of rotatable bonds is 12. The number of benzene rings is 1. The van der Waals surface area contributed by atoms with Crippen LogP contribution < -0.4 is 0 Å². The molecule has 0 amide bonds. The van der Waals surface area contributed by atoms with E-state index < -0.39 is 65.7 Å². The summed E-state index contributed by atoms with van der Waals surface area (Å²) in [4.78, 5) is 62.6. The zero-order chi connectivity index (χ0) is 24.0. The molecule has 0 unspecified atom stereocenters. The summed E-state index contributed by atoms with van der Waals surface area (Å²) in [6, 6.07) is 8.06. The van der Waals surface area contributed by atoms with Crippen LogP contribution in [0.2, 0.25) is 0 Å². The van der Waals surface area contributed by atoms with E-state index in [0.29, 0.717) is 5.56 Å². The number of Topliss-reactive ketones (excluding diaryl/α,β-unsaturated/α-hetero) is 4. The van der Waals surface area contributed by atoms with Gasteiger partial charge in [-0.25, -0.2) is 0 Å². The second-order valence-corrected chi connectivity index (χ2v) is 6.98.